The number of Topliss-reactive ketones (excluding diaryl/α,β-unsaturated/α-hetero) is 1. The van der Waals surface area contributed by atoms with Gasteiger partial charge in [-0.05, 0) is 42.5 Å². The molecule has 0 radical (unpaired) electrons. The van der Waals surface area contributed by atoms with E-state index in [-0.39, 0.29) is 29.4 Å². The first kappa shape index (κ1) is 20.7. The van der Waals surface area contributed by atoms with Gasteiger partial charge in [0.05, 0.1) is 9.77 Å². The topological polar surface area (TPSA) is 83.5 Å². The quantitative estimate of drug-likeness (QED) is 0.688. The molecule has 0 bridgehead atoms. The minimum absolute atomic E-state index is 0.0554. The molecular weight excluding hydrogens is 396 g/mol. The maximum Gasteiger partial charge on any atom is 0.243 e. The van der Waals surface area contributed by atoms with Gasteiger partial charge in [-0.3, -0.25) is 9.59 Å². The largest absolute Gasteiger partial charge is 0.326 e. The van der Waals surface area contributed by atoms with Gasteiger partial charge in [0.15, 0.2) is 5.78 Å². The summed E-state index contributed by atoms with van der Waals surface area (Å²) in [5, 5.41) is 4.52. The van der Waals surface area contributed by atoms with E-state index in [0.717, 1.165) is 25.7 Å². The van der Waals surface area contributed by atoms with E-state index in [1.807, 2.05) is 5.38 Å². The van der Waals surface area contributed by atoms with E-state index in [9.17, 15) is 18.0 Å². The molecule has 8 heteroatoms. The van der Waals surface area contributed by atoms with E-state index in [4.69, 9.17) is 0 Å². The number of nitrogens with zero attached hydrogens (tertiary/aromatic N) is 1. The lowest BCUT2D eigenvalue weighted by molar-refractivity contribution is -0.116. The molecule has 6 nitrogen and oxygen atoms in total. The highest BCUT2D eigenvalue weighted by atomic mass is 32.2. The fraction of sp³-hybridized carbons (Fsp3) is 0.400. The Morgan fingerprint density at radius 3 is 2.43 bits per heavy atom. The van der Waals surface area contributed by atoms with Gasteiger partial charge in [-0.15, -0.1) is 11.3 Å². The Morgan fingerprint density at radius 2 is 1.75 bits per heavy atom. The van der Waals surface area contributed by atoms with E-state index in [1.54, 1.807) is 30.3 Å². The molecule has 1 aliphatic rings. The van der Waals surface area contributed by atoms with Crippen LogP contribution < -0.4 is 5.32 Å². The lowest BCUT2D eigenvalue weighted by Gasteiger charge is -2.20. The first-order chi connectivity index (χ1) is 13.5. The highest BCUT2D eigenvalue weighted by Crippen LogP contribution is 2.23. The first-order valence-corrected chi connectivity index (χ1v) is 11.8. The number of hydrogen-bond acceptors (Lipinski definition) is 5. The standard InChI is InChI=1S/C20H24N2O4S2/c23-18(19-9-6-14-27-19)10-11-20(24)21-16-7-5-8-17(15-16)28(25,26)22-12-3-1-2-4-13-22/h5-9,14-15H,1-4,10-13H2,(H,21,24). The SMILES string of the molecule is O=C(CCC(=O)c1cccs1)Nc1cccc(S(=O)(=O)N2CCCCCC2)c1. The van der Waals surface area contributed by atoms with Gasteiger partial charge >= 0.3 is 0 Å². The van der Waals surface area contributed by atoms with Crippen molar-refractivity contribution >= 4 is 38.7 Å². The number of carbonyl (C=O) groups is 2. The van der Waals surface area contributed by atoms with E-state index < -0.39 is 10.0 Å². The van der Waals surface area contributed by atoms with Crippen molar-refractivity contribution in [1.29, 1.82) is 0 Å². The minimum Gasteiger partial charge on any atom is -0.326 e. The monoisotopic (exact) mass is 420 g/mol. The van der Waals surface area contributed by atoms with Crippen LogP contribution in [0.15, 0.2) is 46.7 Å². The Hall–Kier alpha value is -2.03. The molecule has 2 aromatic rings. The van der Waals surface area contributed by atoms with Gasteiger partial charge in [-0.25, -0.2) is 8.42 Å². The van der Waals surface area contributed by atoms with Gasteiger partial charge in [0.2, 0.25) is 15.9 Å². The lowest BCUT2D eigenvalue weighted by Crippen LogP contribution is -2.32. The maximum atomic E-state index is 12.9. The normalized spacial score (nSPS) is 15.7. The van der Waals surface area contributed by atoms with Crippen molar-refractivity contribution in [3.05, 3.63) is 46.7 Å². The minimum atomic E-state index is -3.57. The van der Waals surface area contributed by atoms with E-state index in [1.165, 1.54) is 21.7 Å². The second-order valence-corrected chi connectivity index (χ2v) is 9.68. The van der Waals surface area contributed by atoms with Crippen LogP contribution in [0.5, 0.6) is 0 Å². The molecule has 2 heterocycles. The van der Waals surface area contributed by atoms with Crippen molar-refractivity contribution in [2.45, 2.75) is 43.4 Å². The number of amides is 1. The average Bonchev–Trinajstić information content (AvgIpc) is 3.08. The number of sulfonamides is 1. The van der Waals surface area contributed by atoms with Gasteiger partial charge < -0.3 is 5.32 Å². The van der Waals surface area contributed by atoms with Gasteiger partial charge in [0.25, 0.3) is 0 Å². The predicted octanol–water partition coefficient (Wildman–Crippen LogP) is 3.91. The number of thiophene rings is 1. The van der Waals surface area contributed by atoms with Crippen LogP contribution in [0, 0.1) is 0 Å². The molecule has 1 amide bonds. The third-order valence-electron chi connectivity index (χ3n) is 4.70. The van der Waals surface area contributed by atoms with Crippen molar-refractivity contribution in [2.75, 3.05) is 18.4 Å². The summed E-state index contributed by atoms with van der Waals surface area (Å²) in [6, 6.07) is 9.85. The Morgan fingerprint density at radius 1 is 1.00 bits per heavy atom. The maximum absolute atomic E-state index is 12.9. The molecule has 0 aliphatic carbocycles. The molecule has 0 saturated carbocycles. The van der Waals surface area contributed by atoms with Crippen molar-refractivity contribution < 1.29 is 18.0 Å². The second-order valence-electron chi connectivity index (χ2n) is 6.79. The Labute approximate surface area is 169 Å². The summed E-state index contributed by atoms with van der Waals surface area (Å²) in [4.78, 5) is 25.0. The summed E-state index contributed by atoms with van der Waals surface area (Å²) < 4.78 is 27.3. The van der Waals surface area contributed by atoms with E-state index in [0.29, 0.717) is 23.7 Å². The smallest absolute Gasteiger partial charge is 0.243 e. The fourth-order valence-corrected chi connectivity index (χ4v) is 5.43. The molecule has 1 N–H and O–H groups in total. The number of ketones is 1. The zero-order chi connectivity index (χ0) is 20.0. The summed E-state index contributed by atoms with van der Waals surface area (Å²) >= 11 is 1.35. The molecule has 0 atom stereocenters. The molecule has 1 aromatic carbocycles. The number of anilines is 1. The highest BCUT2D eigenvalue weighted by Gasteiger charge is 2.25. The Kier molecular flexibility index (Phi) is 6.98. The van der Waals surface area contributed by atoms with E-state index >= 15 is 0 Å². The third-order valence-corrected chi connectivity index (χ3v) is 7.50. The van der Waals surface area contributed by atoms with Crippen molar-refractivity contribution in [2.24, 2.45) is 0 Å². The van der Waals surface area contributed by atoms with Gasteiger partial charge in [-0.1, -0.05) is 25.0 Å². The summed E-state index contributed by atoms with van der Waals surface area (Å²) in [7, 11) is -3.57. The summed E-state index contributed by atoms with van der Waals surface area (Å²) in [6.07, 6.45) is 4.01. The average molecular weight is 421 g/mol. The van der Waals surface area contributed by atoms with Crippen molar-refractivity contribution in [3.8, 4) is 0 Å². The van der Waals surface area contributed by atoms with Gasteiger partial charge in [-0.2, -0.15) is 4.31 Å². The van der Waals surface area contributed by atoms with E-state index in [2.05, 4.69) is 5.32 Å². The van der Waals surface area contributed by atoms with Crippen LogP contribution in [-0.4, -0.2) is 37.5 Å². The Bertz CT molecular complexity index is 915. The number of carbonyl (C=O) groups excluding carboxylic acids is 2. The number of nitrogens with one attached hydrogen (secondary N) is 1. The number of benzene rings is 1. The van der Waals surface area contributed by atoms with Crippen LogP contribution in [0.25, 0.3) is 0 Å². The lowest BCUT2D eigenvalue weighted by atomic mass is 10.2. The molecule has 1 aliphatic heterocycles. The summed E-state index contributed by atoms with van der Waals surface area (Å²) in [6.45, 7) is 1.06. The summed E-state index contributed by atoms with van der Waals surface area (Å²) in [5.74, 6) is -0.378. The number of rotatable bonds is 7. The van der Waals surface area contributed by atoms with Crippen LogP contribution in [0.3, 0.4) is 0 Å². The van der Waals surface area contributed by atoms with Crippen LogP contribution in [0.1, 0.15) is 48.2 Å². The van der Waals surface area contributed by atoms with Crippen LogP contribution >= 0.6 is 11.3 Å². The predicted molar refractivity (Wildman–Crippen MR) is 110 cm³/mol. The van der Waals surface area contributed by atoms with Crippen LogP contribution in [-0.2, 0) is 14.8 Å². The molecule has 1 aromatic heterocycles. The molecule has 28 heavy (non-hydrogen) atoms. The zero-order valence-corrected chi connectivity index (χ0v) is 17.2. The molecular formula is C20H24N2O4S2. The molecule has 1 fully saturated rings. The zero-order valence-electron chi connectivity index (χ0n) is 15.6. The molecule has 0 spiro atoms. The molecule has 3 rings (SSSR count). The highest BCUT2D eigenvalue weighted by molar-refractivity contribution is 7.89. The third kappa shape index (κ3) is 5.27. The molecule has 150 valence electrons. The summed E-state index contributed by atoms with van der Waals surface area (Å²) in [5.41, 5.74) is 0.421. The van der Waals surface area contributed by atoms with Gasteiger partial charge in [0, 0.05) is 31.6 Å². The molecule has 0 unspecified atom stereocenters. The Balaban J connectivity index is 1.62. The first-order valence-electron chi connectivity index (χ1n) is 9.43. The van der Waals surface area contributed by atoms with Crippen molar-refractivity contribution in [1.82, 2.24) is 4.31 Å². The fourth-order valence-electron chi connectivity index (χ4n) is 3.18. The second kappa shape index (κ2) is 9.45. The molecule has 1 saturated heterocycles. The van der Waals surface area contributed by atoms with Crippen molar-refractivity contribution in [3.63, 3.8) is 0 Å². The number of hydrogen-bond donors (Lipinski definition) is 1. The van der Waals surface area contributed by atoms with Gasteiger partial charge in [0.1, 0.15) is 0 Å². The van der Waals surface area contributed by atoms with Crippen LogP contribution in [0.4, 0.5) is 5.69 Å². The van der Waals surface area contributed by atoms with Crippen LogP contribution in [0.2, 0.25) is 0 Å².